The molecule has 0 aromatic heterocycles. The summed E-state index contributed by atoms with van der Waals surface area (Å²) < 4.78 is 13.7. The minimum absolute atomic E-state index is 0.243. The molecule has 0 bridgehead atoms. The van der Waals surface area contributed by atoms with Crippen LogP contribution >= 0.6 is 11.6 Å². The van der Waals surface area contributed by atoms with E-state index >= 15 is 0 Å². The van der Waals surface area contributed by atoms with Gasteiger partial charge in [-0.2, -0.15) is 0 Å². The molecular formula is C14H14ClFN2. The summed E-state index contributed by atoms with van der Waals surface area (Å²) in [7, 11) is 0. The topological polar surface area (TPSA) is 38.0 Å². The summed E-state index contributed by atoms with van der Waals surface area (Å²) in [5.41, 5.74) is 7.65. The van der Waals surface area contributed by atoms with Crippen molar-refractivity contribution in [3.05, 3.63) is 58.9 Å². The Bertz CT molecular complexity index is 543. The number of benzene rings is 2. The first kappa shape index (κ1) is 12.9. The van der Waals surface area contributed by atoms with Crippen molar-refractivity contribution in [2.24, 2.45) is 5.73 Å². The molecule has 4 heteroatoms. The zero-order valence-electron chi connectivity index (χ0n) is 9.79. The van der Waals surface area contributed by atoms with Crippen LogP contribution in [-0.2, 0) is 6.42 Å². The van der Waals surface area contributed by atoms with Gasteiger partial charge in [0.05, 0.1) is 0 Å². The van der Waals surface area contributed by atoms with Crippen molar-refractivity contribution >= 4 is 23.0 Å². The maximum absolute atomic E-state index is 13.7. The monoisotopic (exact) mass is 264 g/mol. The van der Waals surface area contributed by atoms with Crippen LogP contribution in [0.5, 0.6) is 0 Å². The van der Waals surface area contributed by atoms with Crippen LogP contribution < -0.4 is 11.1 Å². The summed E-state index contributed by atoms with van der Waals surface area (Å²) in [6.45, 7) is 0.408. The van der Waals surface area contributed by atoms with Gasteiger partial charge in [-0.25, -0.2) is 4.39 Å². The third kappa shape index (κ3) is 3.00. The lowest BCUT2D eigenvalue weighted by Crippen LogP contribution is -2.07. The van der Waals surface area contributed by atoms with Gasteiger partial charge in [0.1, 0.15) is 5.82 Å². The Labute approximate surface area is 111 Å². The number of rotatable bonds is 4. The van der Waals surface area contributed by atoms with E-state index in [4.69, 9.17) is 17.3 Å². The summed E-state index contributed by atoms with van der Waals surface area (Å²) in [6.07, 6.45) is 0.496. The van der Waals surface area contributed by atoms with E-state index in [0.717, 1.165) is 11.4 Å². The molecule has 0 saturated heterocycles. The summed E-state index contributed by atoms with van der Waals surface area (Å²) in [6, 6.07) is 12.2. The molecule has 0 aliphatic rings. The van der Waals surface area contributed by atoms with Crippen molar-refractivity contribution in [2.75, 3.05) is 11.9 Å². The molecule has 2 rings (SSSR count). The van der Waals surface area contributed by atoms with E-state index in [2.05, 4.69) is 5.32 Å². The molecule has 0 aliphatic heterocycles. The molecule has 2 aromatic carbocycles. The molecule has 0 atom stereocenters. The predicted molar refractivity (Wildman–Crippen MR) is 73.9 cm³/mol. The molecule has 2 aromatic rings. The fraction of sp³-hybridized carbons (Fsp3) is 0.143. The summed E-state index contributed by atoms with van der Waals surface area (Å²) in [4.78, 5) is 0. The van der Waals surface area contributed by atoms with Crippen LogP contribution in [0.15, 0.2) is 42.5 Å². The average molecular weight is 265 g/mol. The predicted octanol–water partition coefficient (Wildman–Crippen LogP) is 3.72. The van der Waals surface area contributed by atoms with Crippen molar-refractivity contribution in [3.8, 4) is 0 Å². The standard InChI is InChI=1S/C14H14ClFN2/c15-10-3-1-4-11(9-10)18-14-6-2-5-13(16)12(14)7-8-17/h1-6,9,18H,7-8,17H2. The Kier molecular flexibility index (Phi) is 4.18. The fourth-order valence-corrected chi connectivity index (χ4v) is 1.99. The minimum atomic E-state index is -0.243. The third-order valence-electron chi connectivity index (χ3n) is 2.62. The number of nitrogens with two attached hydrogens (primary N) is 1. The van der Waals surface area contributed by atoms with Gasteiger partial charge in [-0.1, -0.05) is 23.7 Å². The van der Waals surface area contributed by atoms with Gasteiger partial charge in [-0.05, 0) is 43.3 Å². The highest BCUT2D eigenvalue weighted by Gasteiger charge is 2.07. The average Bonchev–Trinajstić information content (AvgIpc) is 2.34. The second-order valence-corrected chi connectivity index (χ2v) is 4.38. The van der Waals surface area contributed by atoms with E-state index in [1.807, 2.05) is 18.2 Å². The van der Waals surface area contributed by atoms with Crippen LogP contribution in [0.2, 0.25) is 5.02 Å². The molecule has 0 radical (unpaired) electrons. The Morgan fingerprint density at radius 2 is 1.94 bits per heavy atom. The number of hydrogen-bond acceptors (Lipinski definition) is 2. The highest BCUT2D eigenvalue weighted by atomic mass is 35.5. The Balaban J connectivity index is 2.31. The quantitative estimate of drug-likeness (QED) is 0.883. The molecule has 0 saturated carbocycles. The van der Waals surface area contributed by atoms with E-state index in [1.165, 1.54) is 6.07 Å². The van der Waals surface area contributed by atoms with Crippen molar-refractivity contribution in [3.63, 3.8) is 0 Å². The molecule has 0 unspecified atom stereocenters. The van der Waals surface area contributed by atoms with Gasteiger partial charge in [0, 0.05) is 22.0 Å². The highest BCUT2D eigenvalue weighted by Crippen LogP contribution is 2.25. The third-order valence-corrected chi connectivity index (χ3v) is 2.85. The first-order chi connectivity index (χ1) is 8.70. The number of anilines is 2. The lowest BCUT2D eigenvalue weighted by molar-refractivity contribution is 0.610. The first-order valence-electron chi connectivity index (χ1n) is 5.71. The zero-order valence-corrected chi connectivity index (χ0v) is 10.5. The van der Waals surface area contributed by atoms with Gasteiger partial charge in [0.2, 0.25) is 0 Å². The van der Waals surface area contributed by atoms with Crippen molar-refractivity contribution in [1.82, 2.24) is 0 Å². The lowest BCUT2D eigenvalue weighted by atomic mass is 10.1. The molecule has 18 heavy (non-hydrogen) atoms. The maximum atomic E-state index is 13.7. The minimum Gasteiger partial charge on any atom is -0.355 e. The summed E-state index contributed by atoms with van der Waals surface area (Å²) >= 11 is 5.91. The second-order valence-electron chi connectivity index (χ2n) is 3.94. The maximum Gasteiger partial charge on any atom is 0.128 e. The van der Waals surface area contributed by atoms with Crippen LogP contribution in [0.25, 0.3) is 0 Å². The zero-order chi connectivity index (χ0) is 13.0. The van der Waals surface area contributed by atoms with Crippen molar-refractivity contribution in [2.45, 2.75) is 6.42 Å². The van der Waals surface area contributed by atoms with Crippen molar-refractivity contribution < 1.29 is 4.39 Å². The van der Waals surface area contributed by atoms with Crippen molar-refractivity contribution in [1.29, 1.82) is 0 Å². The van der Waals surface area contributed by atoms with Gasteiger partial charge in [-0.15, -0.1) is 0 Å². The van der Waals surface area contributed by atoms with E-state index in [1.54, 1.807) is 18.2 Å². The van der Waals surface area contributed by atoms with Crippen LogP contribution in [0, 0.1) is 5.82 Å². The Hall–Kier alpha value is -1.58. The van der Waals surface area contributed by atoms with Gasteiger partial charge in [-0.3, -0.25) is 0 Å². The Morgan fingerprint density at radius 3 is 2.67 bits per heavy atom. The molecular weight excluding hydrogens is 251 g/mol. The largest absolute Gasteiger partial charge is 0.355 e. The summed E-state index contributed by atoms with van der Waals surface area (Å²) in [5, 5.41) is 3.79. The van der Waals surface area contributed by atoms with Gasteiger partial charge in [0.25, 0.3) is 0 Å². The number of hydrogen-bond donors (Lipinski definition) is 2. The van der Waals surface area contributed by atoms with Crippen LogP contribution in [-0.4, -0.2) is 6.54 Å². The molecule has 0 spiro atoms. The van der Waals surface area contributed by atoms with Crippen LogP contribution in [0.1, 0.15) is 5.56 Å². The molecule has 0 fully saturated rings. The molecule has 0 amide bonds. The van der Waals surface area contributed by atoms with E-state index in [-0.39, 0.29) is 5.82 Å². The Morgan fingerprint density at radius 1 is 1.17 bits per heavy atom. The normalized spacial score (nSPS) is 10.4. The highest BCUT2D eigenvalue weighted by molar-refractivity contribution is 6.30. The molecule has 94 valence electrons. The van der Waals surface area contributed by atoms with E-state index in [9.17, 15) is 4.39 Å². The van der Waals surface area contributed by atoms with Gasteiger partial charge in [0.15, 0.2) is 0 Å². The lowest BCUT2D eigenvalue weighted by Gasteiger charge is -2.12. The number of halogens is 2. The molecule has 2 nitrogen and oxygen atoms in total. The SMILES string of the molecule is NCCc1c(F)cccc1Nc1cccc(Cl)c1. The van der Waals surface area contributed by atoms with E-state index < -0.39 is 0 Å². The van der Waals surface area contributed by atoms with Gasteiger partial charge < -0.3 is 11.1 Å². The molecule has 3 N–H and O–H groups in total. The number of nitrogens with one attached hydrogen (secondary N) is 1. The summed E-state index contributed by atoms with van der Waals surface area (Å²) in [5.74, 6) is -0.243. The smallest absolute Gasteiger partial charge is 0.128 e. The first-order valence-corrected chi connectivity index (χ1v) is 6.08. The molecule has 0 heterocycles. The molecule has 0 aliphatic carbocycles. The fourth-order valence-electron chi connectivity index (χ4n) is 1.80. The van der Waals surface area contributed by atoms with Gasteiger partial charge >= 0.3 is 0 Å². The van der Waals surface area contributed by atoms with Crippen LogP contribution in [0.4, 0.5) is 15.8 Å². The van der Waals surface area contributed by atoms with Crippen LogP contribution in [0.3, 0.4) is 0 Å². The van der Waals surface area contributed by atoms with E-state index in [0.29, 0.717) is 23.6 Å². The second kappa shape index (κ2) is 5.85.